The second-order valence-corrected chi connectivity index (χ2v) is 4.10. The molecule has 0 saturated heterocycles. The molecule has 3 nitrogen and oxygen atoms in total. The highest BCUT2D eigenvalue weighted by molar-refractivity contribution is 5.03. The molecule has 1 rings (SSSR count). The number of aliphatic hydroxyl groups excluding tert-OH is 1. The van der Waals surface area contributed by atoms with Crippen molar-refractivity contribution in [3.05, 3.63) is 24.0 Å². The van der Waals surface area contributed by atoms with E-state index < -0.39 is 0 Å². The predicted octanol–water partition coefficient (Wildman–Crippen LogP) is 1.46. The van der Waals surface area contributed by atoms with Crippen molar-refractivity contribution >= 4 is 0 Å². The SMILES string of the molecule is CC(C)C(CO)N(C)Cc1ccc[nH]1. The molecule has 0 aliphatic heterocycles. The number of H-pyrrole nitrogens is 1. The highest BCUT2D eigenvalue weighted by Gasteiger charge is 2.17. The number of rotatable bonds is 5. The Hall–Kier alpha value is -0.800. The van der Waals surface area contributed by atoms with Gasteiger partial charge in [-0.15, -0.1) is 0 Å². The third kappa shape index (κ3) is 2.86. The van der Waals surface area contributed by atoms with Crippen LogP contribution in [0.25, 0.3) is 0 Å². The highest BCUT2D eigenvalue weighted by Crippen LogP contribution is 2.11. The molecular weight excluding hydrogens is 176 g/mol. The molecule has 0 fully saturated rings. The molecule has 0 amide bonds. The second kappa shape index (κ2) is 5.17. The minimum absolute atomic E-state index is 0.217. The number of hydrogen-bond acceptors (Lipinski definition) is 2. The highest BCUT2D eigenvalue weighted by atomic mass is 16.3. The van der Waals surface area contributed by atoms with Crippen LogP contribution in [0.15, 0.2) is 18.3 Å². The standard InChI is InChI=1S/C11H20N2O/c1-9(2)11(8-14)13(3)7-10-5-4-6-12-10/h4-6,9,11-12,14H,7-8H2,1-3H3. The summed E-state index contributed by atoms with van der Waals surface area (Å²) in [7, 11) is 2.04. The molecule has 1 atom stereocenters. The van der Waals surface area contributed by atoms with Gasteiger partial charge in [0, 0.05) is 24.5 Å². The molecule has 0 bridgehead atoms. The largest absolute Gasteiger partial charge is 0.395 e. The van der Waals surface area contributed by atoms with Gasteiger partial charge in [-0.25, -0.2) is 0 Å². The van der Waals surface area contributed by atoms with Gasteiger partial charge in [0.25, 0.3) is 0 Å². The molecule has 1 heterocycles. The minimum atomic E-state index is 0.217. The van der Waals surface area contributed by atoms with Gasteiger partial charge in [0.05, 0.1) is 6.61 Å². The minimum Gasteiger partial charge on any atom is -0.395 e. The van der Waals surface area contributed by atoms with Crippen LogP contribution in [0.3, 0.4) is 0 Å². The lowest BCUT2D eigenvalue weighted by atomic mass is 10.0. The molecule has 1 aromatic heterocycles. The molecule has 1 unspecified atom stereocenters. The summed E-state index contributed by atoms with van der Waals surface area (Å²) >= 11 is 0. The Balaban J connectivity index is 2.51. The molecule has 0 aliphatic carbocycles. The smallest absolute Gasteiger partial charge is 0.0589 e. The summed E-state index contributed by atoms with van der Waals surface area (Å²) in [5.74, 6) is 0.472. The average Bonchev–Trinajstić information content (AvgIpc) is 2.57. The maximum Gasteiger partial charge on any atom is 0.0589 e. The van der Waals surface area contributed by atoms with Crippen LogP contribution in [0.5, 0.6) is 0 Å². The van der Waals surface area contributed by atoms with E-state index in [2.05, 4.69) is 29.8 Å². The number of nitrogens with zero attached hydrogens (tertiary/aromatic N) is 1. The van der Waals surface area contributed by atoms with Crippen molar-refractivity contribution in [1.82, 2.24) is 9.88 Å². The third-order valence-corrected chi connectivity index (χ3v) is 2.60. The van der Waals surface area contributed by atoms with Gasteiger partial charge in [-0.05, 0) is 25.1 Å². The maximum atomic E-state index is 9.24. The summed E-state index contributed by atoms with van der Waals surface area (Å²) in [5.41, 5.74) is 1.19. The van der Waals surface area contributed by atoms with Gasteiger partial charge in [0.1, 0.15) is 0 Å². The van der Waals surface area contributed by atoms with E-state index in [0.29, 0.717) is 5.92 Å². The van der Waals surface area contributed by atoms with Crippen molar-refractivity contribution < 1.29 is 5.11 Å². The summed E-state index contributed by atoms with van der Waals surface area (Å²) in [6.45, 7) is 5.34. The molecule has 80 valence electrons. The molecule has 0 radical (unpaired) electrons. The van der Waals surface area contributed by atoms with E-state index >= 15 is 0 Å². The first kappa shape index (κ1) is 11.3. The van der Waals surface area contributed by atoms with Crippen LogP contribution in [0.1, 0.15) is 19.5 Å². The summed E-state index contributed by atoms with van der Waals surface area (Å²) in [5, 5.41) is 9.24. The van der Waals surface area contributed by atoms with Crippen LogP contribution >= 0.6 is 0 Å². The molecule has 0 aliphatic rings. The lowest BCUT2D eigenvalue weighted by molar-refractivity contribution is 0.107. The molecule has 0 aromatic carbocycles. The third-order valence-electron chi connectivity index (χ3n) is 2.60. The summed E-state index contributed by atoms with van der Waals surface area (Å²) in [6.07, 6.45) is 1.92. The summed E-state index contributed by atoms with van der Waals surface area (Å²) < 4.78 is 0. The first-order valence-electron chi connectivity index (χ1n) is 5.08. The summed E-state index contributed by atoms with van der Waals surface area (Å²) in [6, 6.07) is 4.29. The van der Waals surface area contributed by atoms with Crippen molar-refractivity contribution in [3.63, 3.8) is 0 Å². The predicted molar refractivity (Wildman–Crippen MR) is 58.0 cm³/mol. The monoisotopic (exact) mass is 196 g/mol. The first-order chi connectivity index (χ1) is 6.65. The lowest BCUT2D eigenvalue weighted by Crippen LogP contribution is -2.38. The number of likely N-dealkylation sites (N-methyl/N-ethyl adjacent to an activating group) is 1. The maximum absolute atomic E-state index is 9.24. The van der Waals surface area contributed by atoms with Crippen molar-refractivity contribution in [2.45, 2.75) is 26.4 Å². The molecule has 1 aromatic rings. The quantitative estimate of drug-likeness (QED) is 0.748. The lowest BCUT2D eigenvalue weighted by Gasteiger charge is -2.29. The Morgan fingerprint density at radius 3 is 2.64 bits per heavy atom. The Bertz CT molecular complexity index is 244. The molecule has 14 heavy (non-hydrogen) atoms. The Kier molecular flexibility index (Phi) is 4.17. The van der Waals surface area contributed by atoms with Crippen molar-refractivity contribution in [1.29, 1.82) is 0 Å². The van der Waals surface area contributed by atoms with Gasteiger partial charge in [-0.2, -0.15) is 0 Å². The van der Waals surface area contributed by atoms with E-state index in [4.69, 9.17) is 0 Å². The van der Waals surface area contributed by atoms with Crippen LogP contribution in [-0.2, 0) is 6.54 Å². The fourth-order valence-corrected chi connectivity index (χ4v) is 1.71. The van der Waals surface area contributed by atoms with Gasteiger partial charge < -0.3 is 10.1 Å². The van der Waals surface area contributed by atoms with Gasteiger partial charge in [0.2, 0.25) is 0 Å². The molecular formula is C11H20N2O. The van der Waals surface area contributed by atoms with Crippen LogP contribution in [0, 0.1) is 5.92 Å². The van der Waals surface area contributed by atoms with Crippen molar-refractivity contribution in [2.75, 3.05) is 13.7 Å². The zero-order valence-corrected chi connectivity index (χ0v) is 9.20. The first-order valence-corrected chi connectivity index (χ1v) is 5.08. The van der Waals surface area contributed by atoms with E-state index in [1.54, 1.807) is 0 Å². The molecule has 0 saturated carbocycles. The van der Waals surface area contributed by atoms with Crippen LogP contribution in [0.2, 0.25) is 0 Å². The van der Waals surface area contributed by atoms with E-state index in [1.165, 1.54) is 5.69 Å². The van der Waals surface area contributed by atoms with Gasteiger partial charge >= 0.3 is 0 Å². The Morgan fingerprint density at radius 2 is 2.21 bits per heavy atom. The van der Waals surface area contributed by atoms with Crippen molar-refractivity contribution in [3.8, 4) is 0 Å². The topological polar surface area (TPSA) is 39.3 Å². The molecule has 0 spiro atoms. The number of aromatic nitrogens is 1. The fraction of sp³-hybridized carbons (Fsp3) is 0.636. The Morgan fingerprint density at radius 1 is 1.50 bits per heavy atom. The van der Waals surface area contributed by atoms with Gasteiger partial charge in [-0.3, -0.25) is 4.90 Å². The summed E-state index contributed by atoms with van der Waals surface area (Å²) in [4.78, 5) is 5.34. The van der Waals surface area contributed by atoms with Crippen molar-refractivity contribution in [2.24, 2.45) is 5.92 Å². The molecule has 3 heteroatoms. The Labute approximate surface area is 85.7 Å². The zero-order chi connectivity index (χ0) is 10.6. The van der Waals surface area contributed by atoms with Gasteiger partial charge in [0.15, 0.2) is 0 Å². The second-order valence-electron chi connectivity index (χ2n) is 4.10. The number of aromatic amines is 1. The molecule has 2 N–H and O–H groups in total. The van der Waals surface area contributed by atoms with E-state index in [9.17, 15) is 5.11 Å². The van der Waals surface area contributed by atoms with Crippen LogP contribution in [-0.4, -0.2) is 34.7 Å². The van der Waals surface area contributed by atoms with E-state index in [1.807, 2.05) is 19.3 Å². The van der Waals surface area contributed by atoms with E-state index in [-0.39, 0.29) is 12.6 Å². The van der Waals surface area contributed by atoms with Crippen LogP contribution in [0.4, 0.5) is 0 Å². The van der Waals surface area contributed by atoms with Crippen LogP contribution < -0.4 is 0 Å². The normalized spacial score (nSPS) is 13.9. The number of nitrogens with one attached hydrogen (secondary N) is 1. The number of hydrogen-bond donors (Lipinski definition) is 2. The number of aliphatic hydroxyl groups is 1. The van der Waals surface area contributed by atoms with Gasteiger partial charge in [-0.1, -0.05) is 13.8 Å². The van der Waals surface area contributed by atoms with E-state index in [0.717, 1.165) is 6.54 Å². The average molecular weight is 196 g/mol. The zero-order valence-electron chi connectivity index (χ0n) is 9.20. The fourth-order valence-electron chi connectivity index (χ4n) is 1.71.